The van der Waals surface area contributed by atoms with Crippen molar-refractivity contribution < 1.29 is 13.9 Å². The first-order valence-corrected chi connectivity index (χ1v) is 11.7. The highest BCUT2D eigenvalue weighted by Gasteiger charge is 2.33. The quantitative estimate of drug-likeness (QED) is 0.535. The predicted molar refractivity (Wildman–Crippen MR) is 127 cm³/mol. The minimum Gasteiger partial charge on any atom is -0.463 e. The number of thiazole rings is 1. The lowest BCUT2D eigenvalue weighted by Crippen LogP contribution is -2.39. The molecule has 33 heavy (non-hydrogen) atoms. The maximum Gasteiger partial charge on any atom is 0.338 e. The minimum absolute atomic E-state index is 0.226. The van der Waals surface area contributed by atoms with Gasteiger partial charge in [-0.1, -0.05) is 61.6 Å². The number of ether oxygens (including phenoxy) is 1. The zero-order valence-electron chi connectivity index (χ0n) is 19.0. The number of fused-ring (bicyclic) bond motifs is 1. The van der Waals surface area contributed by atoms with E-state index in [9.17, 15) is 14.0 Å². The fraction of sp³-hybridized carbons (Fsp3) is 0.269. The third-order valence-corrected chi connectivity index (χ3v) is 6.59. The van der Waals surface area contributed by atoms with Crippen LogP contribution >= 0.6 is 11.3 Å². The zero-order valence-corrected chi connectivity index (χ0v) is 19.8. The summed E-state index contributed by atoms with van der Waals surface area (Å²) in [5.74, 6) is -0.462. The van der Waals surface area contributed by atoms with E-state index in [0.717, 1.165) is 5.56 Å². The van der Waals surface area contributed by atoms with Gasteiger partial charge in [-0.05, 0) is 54.7 Å². The Kier molecular flexibility index (Phi) is 6.42. The lowest BCUT2D eigenvalue weighted by atomic mass is 9.93. The van der Waals surface area contributed by atoms with Crippen LogP contribution in [-0.2, 0) is 9.53 Å². The second kappa shape index (κ2) is 9.27. The van der Waals surface area contributed by atoms with Crippen molar-refractivity contribution in [2.75, 3.05) is 6.61 Å². The minimum atomic E-state index is -0.642. The van der Waals surface area contributed by atoms with E-state index in [1.54, 1.807) is 36.6 Å². The van der Waals surface area contributed by atoms with Crippen molar-refractivity contribution in [2.45, 2.75) is 39.7 Å². The lowest BCUT2D eigenvalue weighted by Gasteiger charge is -2.25. The van der Waals surface area contributed by atoms with Crippen molar-refractivity contribution in [2.24, 2.45) is 4.99 Å². The molecule has 0 saturated heterocycles. The van der Waals surface area contributed by atoms with E-state index in [-0.39, 0.29) is 18.0 Å². The summed E-state index contributed by atoms with van der Waals surface area (Å²) in [7, 11) is 0. The molecule has 1 aliphatic rings. The van der Waals surface area contributed by atoms with Crippen LogP contribution in [0.3, 0.4) is 0 Å². The van der Waals surface area contributed by atoms with Gasteiger partial charge in [0.15, 0.2) is 4.80 Å². The molecule has 0 N–H and O–H groups in total. The summed E-state index contributed by atoms with van der Waals surface area (Å²) >= 11 is 1.25. The molecule has 0 bridgehead atoms. The van der Waals surface area contributed by atoms with Gasteiger partial charge in [-0.15, -0.1) is 0 Å². The molecule has 1 atom stereocenters. The second-order valence-electron chi connectivity index (χ2n) is 8.18. The number of carbonyl (C=O) groups is 1. The van der Waals surface area contributed by atoms with Crippen LogP contribution in [-0.4, -0.2) is 17.1 Å². The molecule has 0 radical (unpaired) electrons. The Labute approximate surface area is 195 Å². The standard InChI is InChI=1S/C26H25FN2O3S/c1-5-32-25(31)22-16(4)28-26-29(23(22)19-10-8-18(9-11-19)15(2)3)24(30)21(33-26)14-17-6-12-20(27)13-7-17/h6-15,23H,5H2,1-4H3/b21-14+. The first-order valence-electron chi connectivity index (χ1n) is 10.8. The van der Waals surface area contributed by atoms with Crippen molar-refractivity contribution in [3.8, 4) is 0 Å². The average Bonchev–Trinajstić information content (AvgIpc) is 3.09. The van der Waals surface area contributed by atoms with Crippen LogP contribution in [0.25, 0.3) is 6.08 Å². The Morgan fingerprint density at radius 3 is 2.45 bits per heavy atom. The summed E-state index contributed by atoms with van der Waals surface area (Å²) in [4.78, 5) is 31.5. The predicted octanol–water partition coefficient (Wildman–Crippen LogP) is 4.06. The number of halogens is 1. The van der Waals surface area contributed by atoms with E-state index in [0.29, 0.717) is 32.1 Å². The molecule has 0 amide bonds. The molecule has 0 fully saturated rings. The van der Waals surface area contributed by atoms with Crippen molar-refractivity contribution in [3.63, 3.8) is 0 Å². The molecular formula is C26H25FN2O3S. The number of hydrogen-bond donors (Lipinski definition) is 0. The van der Waals surface area contributed by atoms with Crippen LogP contribution in [0.5, 0.6) is 0 Å². The van der Waals surface area contributed by atoms with Gasteiger partial charge in [0.25, 0.3) is 5.56 Å². The fourth-order valence-corrected chi connectivity index (χ4v) is 4.93. The molecular weight excluding hydrogens is 439 g/mol. The topological polar surface area (TPSA) is 60.7 Å². The summed E-state index contributed by atoms with van der Waals surface area (Å²) in [5.41, 5.74) is 3.32. The Hall–Kier alpha value is -3.32. The first kappa shape index (κ1) is 22.9. The van der Waals surface area contributed by atoms with Gasteiger partial charge in [-0.2, -0.15) is 0 Å². The Morgan fingerprint density at radius 1 is 1.18 bits per heavy atom. The van der Waals surface area contributed by atoms with Crippen LogP contribution in [0.1, 0.15) is 56.3 Å². The number of aromatic nitrogens is 1. The van der Waals surface area contributed by atoms with Crippen LogP contribution in [0.2, 0.25) is 0 Å². The number of carbonyl (C=O) groups excluding carboxylic acids is 1. The van der Waals surface area contributed by atoms with E-state index in [1.807, 2.05) is 24.3 Å². The van der Waals surface area contributed by atoms with E-state index in [2.05, 4.69) is 18.8 Å². The lowest BCUT2D eigenvalue weighted by molar-refractivity contribution is -0.139. The van der Waals surface area contributed by atoms with Crippen molar-refractivity contribution in [1.29, 1.82) is 0 Å². The first-order chi connectivity index (χ1) is 15.8. The molecule has 0 aliphatic carbocycles. The molecule has 3 aromatic rings. The number of rotatable bonds is 5. The number of hydrogen-bond acceptors (Lipinski definition) is 5. The normalized spacial score (nSPS) is 16.1. The van der Waals surface area contributed by atoms with Crippen LogP contribution in [0.15, 0.2) is 69.6 Å². The van der Waals surface area contributed by atoms with Gasteiger partial charge in [0.05, 0.1) is 28.5 Å². The van der Waals surface area contributed by atoms with Crippen LogP contribution in [0.4, 0.5) is 4.39 Å². The fourth-order valence-electron chi connectivity index (χ4n) is 3.88. The summed E-state index contributed by atoms with van der Waals surface area (Å²) in [6, 6.07) is 13.2. The van der Waals surface area contributed by atoms with Gasteiger partial charge in [-0.3, -0.25) is 9.36 Å². The smallest absolute Gasteiger partial charge is 0.338 e. The maximum absolute atomic E-state index is 13.5. The number of esters is 1. The molecule has 170 valence electrons. The third kappa shape index (κ3) is 4.46. The highest BCUT2D eigenvalue weighted by atomic mass is 32.1. The Balaban J connectivity index is 1.92. The maximum atomic E-state index is 13.5. The molecule has 1 aromatic heterocycles. The van der Waals surface area contributed by atoms with Gasteiger partial charge < -0.3 is 4.74 Å². The number of allylic oxidation sites excluding steroid dienone is 1. The highest BCUT2D eigenvalue weighted by Crippen LogP contribution is 2.31. The molecule has 1 unspecified atom stereocenters. The van der Waals surface area contributed by atoms with Crippen molar-refractivity contribution in [1.82, 2.24) is 4.57 Å². The SMILES string of the molecule is CCOC(=O)C1=C(C)N=c2s/c(=C/c3ccc(F)cc3)c(=O)n2C1c1ccc(C(C)C)cc1. The summed E-state index contributed by atoms with van der Waals surface area (Å²) in [6.45, 7) is 7.96. The molecule has 0 saturated carbocycles. The molecule has 2 aromatic carbocycles. The number of nitrogens with zero attached hydrogens (tertiary/aromatic N) is 2. The van der Waals surface area contributed by atoms with E-state index in [4.69, 9.17) is 4.74 Å². The van der Waals surface area contributed by atoms with Gasteiger partial charge in [0, 0.05) is 0 Å². The van der Waals surface area contributed by atoms with Crippen LogP contribution in [0, 0.1) is 5.82 Å². The Morgan fingerprint density at radius 2 is 1.85 bits per heavy atom. The van der Waals surface area contributed by atoms with E-state index in [1.165, 1.54) is 29.0 Å². The average molecular weight is 465 g/mol. The monoisotopic (exact) mass is 464 g/mol. The van der Waals surface area contributed by atoms with Gasteiger partial charge in [0.1, 0.15) is 5.82 Å². The van der Waals surface area contributed by atoms with Crippen molar-refractivity contribution in [3.05, 3.63) is 102 Å². The largest absolute Gasteiger partial charge is 0.463 e. The summed E-state index contributed by atoms with van der Waals surface area (Å²) in [6.07, 6.45) is 1.71. The molecule has 1 aliphatic heterocycles. The van der Waals surface area contributed by atoms with Gasteiger partial charge in [-0.25, -0.2) is 14.2 Å². The molecule has 2 heterocycles. The molecule has 7 heteroatoms. The highest BCUT2D eigenvalue weighted by molar-refractivity contribution is 7.07. The third-order valence-electron chi connectivity index (χ3n) is 5.60. The number of benzene rings is 2. The van der Waals surface area contributed by atoms with E-state index < -0.39 is 12.0 Å². The molecule has 0 spiro atoms. The molecule has 5 nitrogen and oxygen atoms in total. The zero-order chi connectivity index (χ0) is 23.7. The van der Waals surface area contributed by atoms with Gasteiger partial charge >= 0.3 is 5.97 Å². The van der Waals surface area contributed by atoms with Crippen molar-refractivity contribution >= 4 is 23.4 Å². The summed E-state index contributed by atoms with van der Waals surface area (Å²) in [5, 5.41) is 0. The van der Waals surface area contributed by atoms with Gasteiger partial charge in [0.2, 0.25) is 0 Å². The molecule has 4 rings (SSSR count). The van der Waals surface area contributed by atoms with E-state index >= 15 is 0 Å². The second-order valence-corrected chi connectivity index (χ2v) is 9.18. The summed E-state index contributed by atoms with van der Waals surface area (Å²) < 4.78 is 20.6. The van der Waals surface area contributed by atoms with Crippen LogP contribution < -0.4 is 14.9 Å². The Bertz CT molecular complexity index is 1400.